The van der Waals surface area contributed by atoms with Gasteiger partial charge in [-0.25, -0.2) is 0 Å². The number of nitrogens with one attached hydrogen (secondary N) is 1. The van der Waals surface area contributed by atoms with Crippen molar-refractivity contribution < 1.29 is 19.8 Å². The SMILES string of the molecule is C=CCNC(=O)CN1CCC(C(C)(C)O)C1.O=CO. The van der Waals surface area contributed by atoms with Gasteiger partial charge in [-0.3, -0.25) is 14.5 Å². The molecular weight excluding hydrogens is 248 g/mol. The molecule has 1 aliphatic rings. The molecule has 19 heavy (non-hydrogen) atoms. The highest BCUT2D eigenvalue weighted by Gasteiger charge is 2.33. The van der Waals surface area contributed by atoms with Crippen molar-refractivity contribution in [3.05, 3.63) is 12.7 Å². The maximum atomic E-state index is 11.5. The van der Waals surface area contributed by atoms with Gasteiger partial charge in [0.15, 0.2) is 0 Å². The first-order chi connectivity index (χ1) is 8.85. The van der Waals surface area contributed by atoms with Gasteiger partial charge in [-0.2, -0.15) is 0 Å². The van der Waals surface area contributed by atoms with Crippen molar-refractivity contribution in [2.24, 2.45) is 5.92 Å². The van der Waals surface area contributed by atoms with Gasteiger partial charge in [-0.15, -0.1) is 6.58 Å². The van der Waals surface area contributed by atoms with Crippen molar-refractivity contribution in [1.82, 2.24) is 10.2 Å². The minimum atomic E-state index is -0.646. The Hall–Kier alpha value is -1.40. The summed E-state index contributed by atoms with van der Waals surface area (Å²) in [6.45, 7) is 9.58. The van der Waals surface area contributed by atoms with E-state index in [9.17, 15) is 9.90 Å². The number of carboxylic acid groups (broad SMARTS) is 1. The quantitative estimate of drug-likeness (QED) is 0.487. The van der Waals surface area contributed by atoms with Crippen LogP contribution in [0, 0.1) is 5.92 Å². The van der Waals surface area contributed by atoms with E-state index in [1.165, 1.54) is 0 Å². The molecule has 1 atom stereocenters. The molecule has 1 saturated heterocycles. The summed E-state index contributed by atoms with van der Waals surface area (Å²) in [5, 5.41) is 19.5. The van der Waals surface area contributed by atoms with Gasteiger partial charge in [0.1, 0.15) is 0 Å². The molecule has 0 aromatic heterocycles. The molecule has 0 spiro atoms. The molecule has 1 amide bonds. The monoisotopic (exact) mass is 272 g/mol. The fourth-order valence-corrected chi connectivity index (χ4v) is 2.00. The van der Waals surface area contributed by atoms with E-state index in [4.69, 9.17) is 9.90 Å². The lowest BCUT2D eigenvalue weighted by Crippen LogP contribution is -2.38. The molecule has 0 saturated carbocycles. The summed E-state index contributed by atoms with van der Waals surface area (Å²) in [4.78, 5) is 21.9. The number of amides is 1. The molecule has 110 valence electrons. The van der Waals surface area contributed by atoms with Crippen LogP contribution in [0.15, 0.2) is 12.7 Å². The Labute approximate surface area is 114 Å². The minimum absolute atomic E-state index is 0.0243. The second-order valence-electron chi connectivity index (χ2n) is 5.07. The maximum Gasteiger partial charge on any atom is 0.290 e. The third-order valence-electron chi connectivity index (χ3n) is 3.08. The molecule has 3 N–H and O–H groups in total. The predicted octanol–water partition coefficient (Wildman–Crippen LogP) is 0.0822. The summed E-state index contributed by atoms with van der Waals surface area (Å²) < 4.78 is 0. The van der Waals surface area contributed by atoms with Gasteiger partial charge in [0.2, 0.25) is 5.91 Å². The average molecular weight is 272 g/mol. The van der Waals surface area contributed by atoms with Gasteiger partial charge < -0.3 is 15.5 Å². The normalized spacial score (nSPS) is 19.2. The standard InChI is InChI=1S/C12H22N2O2.CH2O2/c1-4-6-13-11(15)9-14-7-5-10(8-14)12(2,3)16;2-1-3/h4,10,16H,1,5-9H2,2-3H3,(H,13,15);1H,(H,2,3). The molecule has 0 aromatic rings. The van der Waals surface area contributed by atoms with Gasteiger partial charge in [-0.1, -0.05) is 6.08 Å². The Balaban J connectivity index is 0.000000982. The van der Waals surface area contributed by atoms with E-state index in [0.717, 1.165) is 19.5 Å². The highest BCUT2D eigenvalue weighted by molar-refractivity contribution is 5.78. The largest absolute Gasteiger partial charge is 0.483 e. The van der Waals surface area contributed by atoms with Crippen molar-refractivity contribution in [2.75, 3.05) is 26.2 Å². The Morgan fingerprint density at radius 1 is 1.58 bits per heavy atom. The number of hydrogen-bond acceptors (Lipinski definition) is 4. The van der Waals surface area contributed by atoms with Crippen molar-refractivity contribution in [3.8, 4) is 0 Å². The van der Waals surface area contributed by atoms with Crippen molar-refractivity contribution >= 4 is 12.4 Å². The van der Waals surface area contributed by atoms with E-state index in [1.807, 2.05) is 13.8 Å². The lowest BCUT2D eigenvalue weighted by molar-refractivity contribution is -0.123. The molecule has 1 fully saturated rings. The zero-order chi connectivity index (χ0) is 14.9. The first-order valence-electron chi connectivity index (χ1n) is 6.25. The van der Waals surface area contributed by atoms with E-state index in [1.54, 1.807) is 6.08 Å². The number of carbonyl (C=O) groups is 2. The molecular formula is C13H24N2O4. The van der Waals surface area contributed by atoms with Crippen LogP contribution < -0.4 is 5.32 Å². The molecule has 6 nitrogen and oxygen atoms in total. The molecule has 0 bridgehead atoms. The summed E-state index contributed by atoms with van der Waals surface area (Å²) in [7, 11) is 0. The van der Waals surface area contributed by atoms with Gasteiger partial charge >= 0.3 is 0 Å². The average Bonchev–Trinajstić information content (AvgIpc) is 2.75. The molecule has 1 aliphatic heterocycles. The van der Waals surface area contributed by atoms with Crippen LogP contribution >= 0.6 is 0 Å². The van der Waals surface area contributed by atoms with E-state index in [0.29, 0.717) is 13.1 Å². The highest BCUT2D eigenvalue weighted by atomic mass is 16.3. The van der Waals surface area contributed by atoms with Crippen LogP contribution in [-0.4, -0.2) is 59.3 Å². The van der Waals surface area contributed by atoms with Crippen molar-refractivity contribution in [2.45, 2.75) is 25.9 Å². The topological polar surface area (TPSA) is 89.9 Å². The van der Waals surface area contributed by atoms with Gasteiger partial charge in [0.25, 0.3) is 6.47 Å². The highest BCUT2D eigenvalue weighted by Crippen LogP contribution is 2.26. The number of carbonyl (C=O) groups excluding carboxylic acids is 1. The summed E-state index contributed by atoms with van der Waals surface area (Å²) >= 11 is 0. The molecule has 1 rings (SSSR count). The lowest BCUT2D eigenvalue weighted by Gasteiger charge is -2.25. The molecule has 0 aliphatic carbocycles. The van der Waals surface area contributed by atoms with Crippen LogP contribution in [-0.2, 0) is 9.59 Å². The van der Waals surface area contributed by atoms with E-state index in [-0.39, 0.29) is 18.3 Å². The number of likely N-dealkylation sites (tertiary alicyclic amines) is 1. The van der Waals surface area contributed by atoms with Crippen molar-refractivity contribution in [1.29, 1.82) is 0 Å². The summed E-state index contributed by atoms with van der Waals surface area (Å²) in [6, 6.07) is 0. The zero-order valence-electron chi connectivity index (χ0n) is 11.6. The van der Waals surface area contributed by atoms with Crippen LogP contribution in [0.2, 0.25) is 0 Å². The first kappa shape index (κ1) is 17.6. The molecule has 0 radical (unpaired) electrons. The van der Waals surface area contributed by atoms with Gasteiger partial charge in [0, 0.05) is 19.0 Å². The van der Waals surface area contributed by atoms with Crippen LogP contribution in [0.3, 0.4) is 0 Å². The molecule has 0 aromatic carbocycles. The smallest absolute Gasteiger partial charge is 0.290 e. The molecule has 1 unspecified atom stereocenters. The number of hydrogen-bond donors (Lipinski definition) is 3. The van der Waals surface area contributed by atoms with Crippen molar-refractivity contribution in [3.63, 3.8) is 0 Å². The zero-order valence-corrected chi connectivity index (χ0v) is 11.6. The van der Waals surface area contributed by atoms with Crippen LogP contribution in [0.5, 0.6) is 0 Å². The minimum Gasteiger partial charge on any atom is -0.483 e. The van der Waals surface area contributed by atoms with Gasteiger partial charge in [0.05, 0.1) is 12.1 Å². The second-order valence-corrected chi connectivity index (χ2v) is 5.07. The van der Waals surface area contributed by atoms with E-state index < -0.39 is 5.60 Å². The Kier molecular flexibility index (Phi) is 8.02. The first-order valence-corrected chi connectivity index (χ1v) is 6.25. The Bertz CT molecular complexity index is 300. The lowest BCUT2D eigenvalue weighted by atomic mass is 9.90. The van der Waals surface area contributed by atoms with E-state index >= 15 is 0 Å². The Morgan fingerprint density at radius 3 is 2.58 bits per heavy atom. The van der Waals surface area contributed by atoms with Crippen LogP contribution in [0.4, 0.5) is 0 Å². The van der Waals surface area contributed by atoms with Crippen LogP contribution in [0.25, 0.3) is 0 Å². The summed E-state index contributed by atoms with van der Waals surface area (Å²) in [5.74, 6) is 0.288. The molecule has 6 heteroatoms. The number of aliphatic hydroxyl groups is 1. The summed E-state index contributed by atoms with van der Waals surface area (Å²) in [5.41, 5.74) is -0.646. The van der Waals surface area contributed by atoms with Crippen LogP contribution in [0.1, 0.15) is 20.3 Å². The molecule has 1 heterocycles. The third kappa shape index (κ3) is 7.58. The number of rotatable bonds is 5. The maximum absolute atomic E-state index is 11.5. The predicted molar refractivity (Wildman–Crippen MR) is 72.7 cm³/mol. The third-order valence-corrected chi connectivity index (χ3v) is 3.08. The van der Waals surface area contributed by atoms with E-state index in [2.05, 4.69) is 16.8 Å². The second kappa shape index (κ2) is 8.66. The fraction of sp³-hybridized carbons (Fsp3) is 0.692. The number of nitrogens with zero attached hydrogens (tertiary/aromatic N) is 1. The Morgan fingerprint density at radius 2 is 2.16 bits per heavy atom. The fourth-order valence-electron chi connectivity index (χ4n) is 2.00. The summed E-state index contributed by atoms with van der Waals surface area (Å²) in [6.07, 6.45) is 2.62. The van der Waals surface area contributed by atoms with Gasteiger partial charge in [-0.05, 0) is 26.8 Å².